The molecule has 5 nitrogen and oxygen atoms in total. The highest BCUT2D eigenvalue weighted by atomic mass is 32.2. The van der Waals surface area contributed by atoms with Gasteiger partial charge in [-0.25, -0.2) is 13.1 Å². The lowest BCUT2D eigenvalue weighted by molar-refractivity contribution is 0.0888. The van der Waals surface area contributed by atoms with E-state index in [-0.39, 0.29) is 17.4 Å². The van der Waals surface area contributed by atoms with E-state index in [1.807, 2.05) is 6.92 Å². The second-order valence-corrected chi connectivity index (χ2v) is 7.90. The van der Waals surface area contributed by atoms with E-state index < -0.39 is 16.1 Å². The first-order chi connectivity index (χ1) is 11.0. The van der Waals surface area contributed by atoms with Crippen LogP contribution in [-0.2, 0) is 10.0 Å². The molecule has 0 aromatic heterocycles. The van der Waals surface area contributed by atoms with Crippen molar-refractivity contribution in [3.05, 3.63) is 24.3 Å². The van der Waals surface area contributed by atoms with Crippen LogP contribution < -0.4 is 9.46 Å². The molecular weight excluding hydrogens is 314 g/mol. The predicted molar refractivity (Wildman–Crippen MR) is 90.0 cm³/mol. The molecule has 1 aromatic carbocycles. The fourth-order valence-electron chi connectivity index (χ4n) is 2.90. The molecule has 1 aromatic rings. The topological polar surface area (TPSA) is 75.6 Å². The maximum Gasteiger partial charge on any atom is 0.240 e. The molecule has 1 saturated carbocycles. The highest BCUT2D eigenvalue weighted by Crippen LogP contribution is 2.26. The van der Waals surface area contributed by atoms with Crippen LogP contribution in [0.15, 0.2) is 29.2 Å². The van der Waals surface area contributed by atoms with E-state index in [0.29, 0.717) is 12.4 Å². The summed E-state index contributed by atoms with van der Waals surface area (Å²) in [5.74, 6) is 0.865. The Morgan fingerprint density at radius 3 is 2.48 bits per heavy atom. The fraction of sp³-hybridized carbons (Fsp3) is 0.647. The predicted octanol–water partition coefficient (Wildman–Crippen LogP) is 2.69. The van der Waals surface area contributed by atoms with E-state index in [1.165, 1.54) is 18.6 Å². The lowest BCUT2D eigenvalue weighted by atomic mass is 9.85. The molecule has 1 atom stereocenters. The van der Waals surface area contributed by atoms with Crippen LogP contribution in [0.25, 0.3) is 0 Å². The van der Waals surface area contributed by atoms with Gasteiger partial charge >= 0.3 is 0 Å². The number of aliphatic hydroxyl groups is 1. The summed E-state index contributed by atoms with van der Waals surface area (Å²) >= 11 is 0. The van der Waals surface area contributed by atoms with Crippen molar-refractivity contribution in [3.8, 4) is 5.75 Å². The van der Waals surface area contributed by atoms with Crippen molar-refractivity contribution in [1.82, 2.24) is 4.72 Å². The summed E-state index contributed by atoms with van der Waals surface area (Å²) < 4.78 is 32.5. The molecule has 1 aliphatic carbocycles. The zero-order valence-corrected chi connectivity index (χ0v) is 14.5. The first kappa shape index (κ1) is 18.2. The number of nitrogens with one attached hydrogen (secondary N) is 1. The SMILES string of the molecule is CCCOc1ccc(S(=O)(=O)NCC(O)C2CCCCC2)cc1. The van der Waals surface area contributed by atoms with Crippen molar-refractivity contribution in [3.63, 3.8) is 0 Å². The quantitative estimate of drug-likeness (QED) is 0.762. The molecular formula is C17H27NO4S. The van der Waals surface area contributed by atoms with Crippen LogP contribution in [0, 0.1) is 5.92 Å². The number of hydrogen-bond acceptors (Lipinski definition) is 4. The Morgan fingerprint density at radius 2 is 1.87 bits per heavy atom. The minimum atomic E-state index is -3.60. The standard InChI is InChI=1S/C17H27NO4S/c1-2-12-22-15-8-10-16(11-9-15)23(20,21)18-13-17(19)14-6-4-3-5-7-14/h8-11,14,17-19H,2-7,12-13H2,1H3. The number of ether oxygens (including phenoxy) is 1. The summed E-state index contributed by atoms with van der Waals surface area (Å²) in [7, 11) is -3.60. The van der Waals surface area contributed by atoms with Crippen molar-refractivity contribution in [2.75, 3.05) is 13.2 Å². The number of sulfonamides is 1. The van der Waals surface area contributed by atoms with Gasteiger partial charge in [-0.3, -0.25) is 0 Å². The van der Waals surface area contributed by atoms with Gasteiger partial charge in [-0.05, 0) is 49.4 Å². The number of aliphatic hydroxyl groups excluding tert-OH is 1. The van der Waals surface area contributed by atoms with Gasteiger partial charge in [-0.1, -0.05) is 26.2 Å². The smallest absolute Gasteiger partial charge is 0.240 e. The van der Waals surface area contributed by atoms with Gasteiger partial charge in [0.15, 0.2) is 0 Å². The summed E-state index contributed by atoms with van der Waals surface area (Å²) in [4.78, 5) is 0.192. The average Bonchev–Trinajstić information content (AvgIpc) is 2.59. The molecule has 0 saturated heterocycles. The Labute approximate surface area is 139 Å². The van der Waals surface area contributed by atoms with Crippen molar-refractivity contribution in [1.29, 1.82) is 0 Å². The third-order valence-corrected chi connectivity index (χ3v) is 5.72. The van der Waals surface area contributed by atoms with Gasteiger partial charge in [0, 0.05) is 6.54 Å². The van der Waals surface area contributed by atoms with Crippen LogP contribution in [0.3, 0.4) is 0 Å². The second-order valence-electron chi connectivity index (χ2n) is 6.14. The van der Waals surface area contributed by atoms with Crippen LogP contribution in [0.5, 0.6) is 5.75 Å². The normalized spacial score (nSPS) is 17.8. The minimum absolute atomic E-state index is 0.0705. The highest BCUT2D eigenvalue weighted by Gasteiger charge is 2.23. The molecule has 0 spiro atoms. The number of benzene rings is 1. The van der Waals surface area contributed by atoms with E-state index in [9.17, 15) is 13.5 Å². The van der Waals surface area contributed by atoms with E-state index in [4.69, 9.17) is 4.74 Å². The third-order valence-electron chi connectivity index (χ3n) is 4.28. The van der Waals surface area contributed by atoms with Crippen molar-refractivity contribution in [2.45, 2.75) is 56.4 Å². The van der Waals surface area contributed by atoms with Gasteiger partial charge in [-0.2, -0.15) is 0 Å². The van der Waals surface area contributed by atoms with Crippen LogP contribution in [-0.4, -0.2) is 32.8 Å². The lowest BCUT2D eigenvalue weighted by Gasteiger charge is -2.26. The summed E-state index contributed by atoms with van der Waals surface area (Å²) in [6, 6.07) is 6.37. The largest absolute Gasteiger partial charge is 0.494 e. The highest BCUT2D eigenvalue weighted by molar-refractivity contribution is 7.89. The maximum absolute atomic E-state index is 12.3. The minimum Gasteiger partial charge on any atom is -0.494 e. The summed E-state index contributed by atoms with van der Waals surface area (Å²) in [6.07, 6.45) is 5.69. The zero-order chi connectivity index (χ0) is 16.7. The van der Waals surface area contributed by atoms with Crippen molar-refractivity contribution >= 4 is 10.0 Å². The molecule has 0 radical (unpaired) electrons. The summed E-state index contributed by atoms with van der Waals surface area (Å²) in [5, 5.41) is 10.2. The second kappa shape index (κ2) is 8.66. The molecule has 0 aliphatic heterocycles. The van der Waals surface area contributed by atoms with Gasteiger partial charge in [0.25, 0.3) is 0 Å². The third kappa shape index (κ3) is 5.48. The van der Waals surface area contributed by atoms with Crippen LogP contribution in [0.2, 0.25) is 0 Å². The monoisotopic (exact) mass is 341 g/mol. The van der Waals surface area contributed by atoms with Crippen LogP contribution in [0.4, 0.5) is 0 Å². The molecule has 0 amide bonds. The fourth-order valence-corrected chi connectivity index (χ4v) is 3.95. The molecule has 2 rings (SSSR count). The van der Waals surface area contributed by atoms with Crippen molar-refractivity contribution < 1.29 is 18.3 Å². The molecule has 130 valence electrons. The molecule has 6 heteroatoms. The average molecular weight is 341 g/mol. The van der Waals surface area contributed by atoms with E-state index in [2.05, 4.69) is 4.72 Å². The summed E-state index contributed by atoms with van der Waals surface area (Å²) in [5.41, 5.74) is 0. The Bertz CT molecular complexity index is 565. The van der Waals surface area contributed by atoms with Gasteiger partial charge in [-0.15, -0.1) is 0 Å². The lowest BCUT2D eigenvalue weighted by Crippen LogP contribution is -2.37. The first-order valence-electron chi connectivity index (χ1n) is 8.43. The molecule has 0 heterocycles. The molecule has 23 heavy (non-hydrogen) atoms. The molecule has 0 bridgehead atoms. The van der Waals surface area contributed by atoms with E-state index >= 15 is 0 Å². The van der Waals surface area contributed by atoms with Gasteiger partial charge in [0.2, 0.25) is 10.0 Å². The van der Waals surface area contributed by atoms with Gasteiger partial charge in [0.1, 0.15) is 5.75 Å². The Balaban J connectivity index is 1.90. The van der Waals surface area contributed by atoms with E-state index in [1.54, 1.807) is 12.1 Å². The maximum atomic E-state index is 12.3. The van der Waals surface area contributed by atoms with E-state index in [0.717, 1.165) is 32.1 Å². The Hall–Kier alpha value is -1.11. The Kier molecular flexibility index (Phi) is 6.87. The number of rotatable bonds is 8. The molecule has 2 N–H and O–H groups in total. The molecule has 1 unspecified atom stereocenters. The van der Waals surface area contributed by atoms with Crippen LogP contribution >= 0.6 is 0 Å². The first-order valence-corrected chi connectivity index (χ1v) is 9.92. The molecule has 1 fully saturated rings. The zero-order valence-electron chi connectivity index (χ0n) is 13.7. The molecule has 1 aliphatic rings. The van der Waals surface area contributed by atoms with Crippen molar-refractivity contribution in [2.24, 2.45) is 5.92 Å². The van der Waals surface area contributed by atoms with Gasteiger partial charge < -0.3 is 9.84 Å². The van der Waals surface area contributed by atoms with Crippen LogP contribution in [0.1, 0.15) is 45.4 Å². The van der Waals surface area contributed by atoms with Gasteiger partial charge in [0.05, 0.1) is 17.6 Å². The Morgan fingerprint density at radius 1 is 1.22 bits per heavy atom. The summed E-state index contributed by atoms with van der Waals surface area (Å²) in [6.45, 7) is 2.69. The number of hydrogen-bond donors (Lipinski definition) is 2.